The molecular formula is C22H21N3O4S. The van der Waals surface area contributed by atoms with Crippen molar-refractivity contribution >= 4 is 38.9 Å². The summed E-state index contributed by atoms with van der Waals surface area (Å²) in [5, 5.41) is 5.63. The Morgan fingerprint density at radius 1 is 0.733 bits per heavy atom. The summed E-state index contributed by atoms with van der Waals surface area (Å²) in [6.45, 7) is 1.84. The van der Waals surface area contributed by atoms with E-state index in [9.17, 15) is 18.0 Å². The number of nitrogens with one attached hydrogen (secondary N) is 3. The lowest BCUT2D eigenvalue weighted by atomic mass is 10.1. The van der Waals surface area contributed by atoms with Gasteiger partial charge in [0.25, 0.3) is 11.8 Å². The van der Waals surface area contributed by atoms with Gasteiger partial charge in [-0.15, -0.1) is 0 Å². The summed E-state index contributed by atoms with van der Waals surface area (Å²) in [5.41, 5.74) is 3.22. The van der Waals surface area contributed by atoms with E-state index in [2.05, 4.69) is 15.4 Å². The second-order valence-electron chi connectivity index (χ2n) is 6.76. The molecule has 0 radical (unpaired) electrons. The molecule has 3 N–H and O–H groups in total. The van der Waals surface area contributed by atoms with Gasteiger partial charge >= 0.3 is 0 Å². The van der Waals surface area contributed by atoms with Crippen molar-refractivity contribution < 1.29 is 18.0 Å². The van der Waals surface area contributed by atoms with Gasteiger partial charge in [0.2, 0.25) is 10.0 Å². The molecule has 3 aromatic carbocycles. The standard InChI is InChI=1S/C22H21N3O4S/c1-15-8-11-19(23-21(26)16-6-4-3-5-7-16)14-20(15)24-22(27)17-9-12-18(13-10-17)25-30(2,28)29/h3-14,25H,1-2H3,(H,23,26)(H,24,27). The van der Waals surface area contributed by atoms with Crippen LogP contribution in [0.5, 0.6) is 0 Å². The van der Waals surface area contributed by atoms with E-state index in [4.69, 9.17) is 0 Å². The van der Waals surface area contributed by atoms with Crippen LogP contribution in [0.2, 0.25) is 0 Å². The summed E-state index contributed by atoms with van der Waals surface area (Å²) < 4.78 is 24.9. The second-order valence-corrected chi connectivity index (χ2v) is 8.50. The fourth-order valence-corrected chi connectivity index (χ4v) is 3.29. The molecule has 3 rings (SSSR count). The summed E-state index contributed by atoms with van der Waals surface area (Å²) in [4.78, 5) is 24.9. The summed E-state index contributed by atoms with van der Waals surface area (Å²) in [6.07, 6.45) is 1.06. The molecule has 3 aromatic rings. The predicted octanol–water partition coefficient (Wildman–Crippen LogP) is 3.87. The molecule has 0 bridgehead atoms. The van der Waals surface area contributed by atoms with Crippen LogP contribution in [0.25, 0.3) is 0 Å². The lowest BCUT2D eigenvalue weighted by Gasteiger charge is -2.12. The molecule has 0 saturated carbocycles. The van der Waals surface area contributed by atoms with Crippen LogP contribution in [-0.4, -0.2) is 26.5 Å². The largest absolute Gasteiger partial charge is 0.322 e. The quantitative estimate of drug-likeness (QED) is 0.560. The first-order chi connectivity index (χ1) is 14.2. The summed E-state index contributed by atoms with van der Waals surface area (Å²) in [7, 11) is -3.38. The minimum Gasteiger partial charge on any atom is -0.322 e. The number of sulfonamides is 1. The topological polar surface area (TPSA) is 104 Å². The van der Waals surface area contributed by atoms with Crippen molar-refractivity contribution in [1.29, 1.82) is 0 Å². The van der Waals surface area contributed by atoms with Crippen LogP contribution in [0.15, 0.2) is 72.8 Å². The van der Waals surface area contributed by atoms with Gasteiger partial charge in [0.1, 0.15) is 0 Å². The zero-order valence-corrected chi connectivity index (χ0v) is 17.3. The van der Waals surface area contributed by atoms with Gasteiger partial charge in [-0.25, -0.2) is 8.42 Å². The summed E-state index contributed by atoms with van der Waals surface area (Å²) >= 11 is 0. The van der Waals surface area contributed by atoms with E-state index in [-0.39, 0.29) is 11.8 Å². The SMILES string of the molecule is Cc1ccc(NC(=O)c2ccccc2)cc1NC(=O)c1ccc(NS(C)(=O)=O)cc1. The van der Waals surface area contributed by atoms with Crippen molar-refractivity contribution in [2.24, 2.45) is 0 Å². The number of amides is 2. The highest BCUT2D eigenvalue weighted by atomic mass is 32.2. The summed E-state index contributed by atoms with van der Waals surface area (Å²) in [6, 6.07) is 20.2. The number of rotatable bonds is 6. The number of aryl methyl sites for hydroxylation is 1. The van der Waals surface area contributed by atoms with Gasteiger partial charge in [-0.2, -0.15) is 0 Å². The van der Waals surface area contributed by atoms with Gasteiger partial charge in [-0.1, -0.05) is 24.3 Å². The molecule has 0 heterocycles. The Bertz CT molecular complexity index is 1170. The molecule has 154 valence electrons. The first kappa shape index (κ1) is 21.1. The minimum atomic E-state index is -3.38. The maximum absolute atomic E-state index is 12.6. The minimum absolute atomic E-state index is 0.245. The number of carbonyl (C=O) groups is 2. The molecule has 0 aliphatic heterocycles. The average molecular weight is 423 g/mol. The number of hydrogen-bond donors (Lipinski definition) is 3. The lowest BCUT2D eigenvalue weighted by Crippen LogP contribution is -2.15. The number of anilines is 3. The third-order valence-electron chi connectivity index (χ3n) is 4.23. The number of carbonyl (C=O) groups excluding carboxylic acids is 2. The molecule has 0 aromatic heterocycles. The van der Waals surface area contributed by atoms with Crippen LogP contribution < -0.4 is 15.4 Å². The van der Waals surface area contributed by atoms with Crippen molar-refractivity contribution in [3.05, 3.63) is 89.5 Å². The monoisotopic (exact) mass is 423 g/mol. The third-order valence-corrected chi connectivity index (χ3v) is 4.84. The maximum atomic E-state index is 12.6. The van der Waals surface area contributed by atoms with Gasteiger partial charge in [-0.3, -0.25) is 14.3 Å². The fourth-order valence-electron chi connectivity index (χ4n) is 2.73. The van der Waals surface area contributed by atoms with E-state index in [1.165, 1.54) is 24.3 Å². The fraction of sp³-hybridized carbons (Fsp3) is 0.0909. The molecule has 0 saturated heterocycles. The molecule has 30 heavy (non-hydrogen) atoms. The highest BCUT2D eigenvalue weighted by Gasteiger charge is 2.11. The average Bonchev–Trinajstić information content (AvgIpc) is 2.70. The second kappa shape index (κ2) is 8.79. The smallest absolute Gasteiger partial charge is 0.255 e. The van der Waals surface area contributed by atoms with Gasteiger partial charge in [-0.05, 0) is 61.0 Å². The van der Waals surface area contributed by atoms with Crippen LogP contribution in [0.3, 0.4) is 0 Å². The molecule has 0 unspecified atom stereocenters. The molecule has 0 aliphatic carbocycles. The molecule has 7 nitrogen and oxygen atoms in total. The molecule has 2 amide bonds. The van der Waals surface area contributed by atoms with Crippen molar-refractivity contribution in [3.63, 3.8) is 0 Å². The Balaban J connectivity index is 1.72. The zero-order chi connectivity index (χ0) is 21.7. The molecule has 0 atom stereocenters. The number of hydrogen-bond acceptors (Lipinski definition) is 4. The van der Waals surface area contributed by atoms with Gasteiger partial charge in [0.05, 0.1) is 6.26 Å². The van der Waals surface area contributed by atoms with E-state index in [1.807, 2.05) is 13.0 Å². The normalized spacial score (nSPS) is 10.9. The van der Waals surface area contributed by atoms with E-state index in [1.54, 1.807) is 42.5 Å². The molecule has 0 aliphatic rings. The molecule has 8 heteroatoms. The zero-order valence-electron chi connectivity index (χ0n) is 16.5. The van der Waals surface area contributed by atoms with Crippen molar-refractivity contribution in [2.45, 2.75) is 6.92 Å². The predicted molar refractivity (Wildman–Crippen MR) is 118 cm³/mol. The highest BCUT2D eigenvalue weighted by Crippen LogP contribution is 2.22. The first-order valence-electron chi connectivity index (χ1n) is 9.07. The van der Waals surface area contributed by atoms with E-state index >= 15 is 0 Å². The van der Waals surface area contributed by atoms with Gasteiger partial charge in [0, 0.05) is 28.2 Å². The van der Waals surface area contributed by atoms with E-state index < -0.39 is 10.0 Å². The molecular weight excluding hydrogens is 402 g/mol. The maximum Gasteiger partial charge on any atom is 0.255 e. The van der Waals surface area contributed by atoms with Crippen molar-refractivity contribution in [2.75, 3.05) is 21.6 Å². The Labute approximate surface area is 175 Å². The Kier molecular flexibility index (Phi) is 6.17. The van der Waals surface area contributed by atoms with Gasteiger partial charge < -0.3 is 10.6 Å². The van der Waals surface area contributed by atoms with Crippen LogP contribution in [0.4, 0.5) is 17.1 Å². The van der Waals surface area contributed by atoms with Crippen molar-refractivity contribution in [3.8, 4) is 0 Å². The summed E-state index contributed by atoms with van der Waals surface area (Å²) in [5.74, 6) is -0.596. The number of benzene rings is 3. The van der Waals surface area contributed by atoms with Gasteiger partial charge in [0.15, 0.2) is 0 Å². The Hall–Kier alpha value is -3.65. The van der Waals surface area contributed by atoms with Crippen LogP contribution >= 0.6 is 0 Å². The molecule has 0 fully saturated rings. The first-order valence-corrected chi connectivity index (χ1v) is 11.0. The highest BCUT2D eigenvalue weighted by molar-refractivity contribution is 7.92. The van der Waals surface area contributed by atoms with Crippen LogP contribution in [0.1, 0.15) is 26.3 Å². The van der Waals surface area contributed by atoms with Crippen LogP contribution in [0, 0.1) is 6.92 Å². The van der Waals surface area contributed by atoms with Crippen molar-refractivity contribution in [1.82, 2.24) is 0 Å². The lowest BCUT2D eigenvalue weighted by molar-refractivity contribution is 0.101. The van der Waals surface area contributed by atoms with E-state index in [0.29, 0.717) is 28.2 Å². The third kappa shape index (κ3) is 5.68. The Morgan fingerprint density at radius 2 is 1.30 bits per heavy atom. The van der Waals surface area contributed by atoms with E-state index in [0.717, 1.165) is 11.8 Å². The molecule has 0 spiro atoms. The van der Waals surface area contributed by atoms with Crippen LogP contribution in [-0.2, 0) is 10.0 Å². The Morgan fingerprint density at radius 3 is 1.93 bits per heavy atom.